The fourth-order valence-electron chi connectivity index (χ4n) is 1.90. The fraction of sp³-hybridized carbons (Fsp3) is 0.0714. The first-order valence-electron chi connectivity index (χ1n) is 5.48. The summed E-state index contributed by atoms with van der Waals surface area (Å²) >= 11 is 6.30. The van der Waals surface area contributed by atoms with Crippen molar-refractivity contribution < 1.29 is 0 Å². The van der Waals surface area contributed by atoms with Crippen molar-refractivity contribution in [2.24, 2.45) is 4.99 Å². The molecule has 0 bridgehead atoms. The first-order valence-corrected chi connectivity index (χ1v) is 5.92. The first kappa shape index (κ1) is 10.4. The molecular weight excluding hydrogens is 232 g/mol. The lowest BCUT2D eigenvalue weighted by Crippen LogP contribution is -2.27. The Morgan fingerprint density at radius 1 is 0.941 bits per heavy atom. The molecule has 1 atom stereocenters. The molecule has 1 heterocycles. The van der Waals surface area contributed by atoms with Gasteiger partial charge in [-0.25, -0.2) is 4.99 Å². The number of nitrogens with zero attached hydrogens (tertiary/aromatic N) is 1. The van der Waals surface area contributed by atoms with Crippen LogP contribution in [-0.2, 0) is 0 Å². The van der Waals surface area contributed by atoms with Crippen LogP contribution in [0.3, 0.4) is 0 Å². The van der Waals surface area contributed by atoms with Crippen LogP contribution in [0, 0.1) is 0 Å². The van der Waals surface area contributed by atoms with E-state index in [0.29, 0.717) is 0 Å². The number of anilines is 1. The van der Waals surface area contributed by atoms with Gasteiger partial charge < -0.3 is 5.32 Å². The predicted octanol–water partition coefficient (Wildman–Crippen LogP) is 3.80. The van der Waals surface area contributed by atoms with Gasteiger partial charge in [-0.2, -0.15) is 0 Å². The van der Waals surface area contributed by atoms with Gasteiger partial charge in [-0.3, -0.25) is 0 Å². The zero-order valence-electron chi connectivity index (χ0n) is 9.10. The summed E-state index contributed by atoms with van der Waals surface area (Å²) in [4.78, 5) is 4.62. The van der Waals surface area contributed by atoms with Gasteiger partial charge in [0.2, 0.25) is 0 Å². The van der Waals surface area contributed by atoms with Crippen molar-refractivity contribution in [1.29, 1.82) is 0 Å². The summed E-state index contributed by atoms with van der Waals surface area (Å²) in [5.41, 5.74) is 3.54. The summed E-state index contributed by atoms with van der Waals surface area (Å²) in [7, 11) is 0. The van der Waals surface area contributed by atoms with E-state index in [-0.39, 0.29) is 5.50 Å². The SMILES string of the molecule is ClC1Nc2ccccc2N=C1c1ccccc1. The Balaban J connectivity index is 2.10. The second-order valence-corrected chi connectivity index (χ2v) is 4.32. The molecule has 0 spiro atoms. The standard InChI is InChI=1S/C14H11ClN2/c15-14-13(10-6-2-1-3-7-10)16-11-8-4-5-9-12(11)17-14/h1-9,14,17H. The van der Waals surface area contributed by atoms with E-state index in [1.165, 1.54) is 0 Å². The Labute approximate surface area is 105 Å². The Kier molecular flexibility index (Phi) is 2.57. The third-order valence-electron chi connectivity index (χ3n) is 2.74. The monoisotopic (exact) mass is 242 g/mol. The van der Waals surface area contributed by atoms with Gasteiger partial charge in [0.1, 0.15) is 5.50 Å². The topological polar surface area (TPSA) is 24.4 Å². The average Bonchev–Trinajstić information content (AvgIpc) is 2.39. The minimum Gasteiger partial charge on any atom is -0.363 e. The number of benzene rings is 2. The van der Waals surface area contributed by atoms with Gasteiger partial charge in [0.25, 0.3) is 0 Å². The first-order chi connectivity index (χ1) is 8.34. The van der Waals surface area contributed by atoms with E-state index in [0.717, 1.165) is 22.6 Å². The van der Waals surface area contributed by atoms with E-state index < -0.39 is 0 Å². The second-order valence-electron chi connectivity index (χ2n) is 3.89. The number of nitrogens with one attached hydrogen (secondary N) is 1. The highest BCUT2D eigenvalue weighted by atomic mass is 35.5. The van der Waals surface area contributed by atoms with Crippen molar-refractivity contribution in [3.63, 3.8) is 0 Å². The van der Waals surface area contributed by atoms with Crippen LogP contribution >= 0.6 is 11.6 Å². The molecule has 0 amide bonds. The summed E-state index contributed by atoms with van der Waals surface area (Å²) in [6.07, 6.45) is 0. The smallest absolute Gasteiger partial charge is 0.145 e. The lowest BCUT2D eigenvalue weighted by Gasteiger charge is -2.22. The Bertz CT molecular complexity index is 563. The molecule has 0 saturated carbocycles. The molecule has 0 aromatic heterocycles. The zero-order chi connectivity index (χ0) is 11.7. The summed E-state index contributed by atoms with van der Waals surface area (Å²) in [6.45, 7) is 0. The van der Waals surface area contributed by atoms with E-state index >= 15 is 0 Å². The zero-order valence-corrected chi connectivity index (χ0v) is 9.85. The van der Waals surface area contributed by atoms with E-state index in [2.05, 4.69) is 10.3 Å². The quantitative estimate of drug-likeness (QED) is 0.597. The summed E-state index contributed by atoms with van der Waals surface area (Å²) in [6, 6.07) is 17.9. The largest absolute Gasteiger partial charge is 0.363 e. The molecule has 1 N–H and O–H groups in total. The highest BCUT2D eigenvalue weighted by Gasteiger charge is 2.20. The Hall–Kier alpha value is -1.80. The maximum absolute atomic E-state index is 6.30. The van der Waals surface area contributed by atoms with Crippen molar-refractivity contribution in [2.45, 2.75) is 5.50 Å². The molecule has 0 saturated heterocycles. The number of rotatable bonds is 1. The maximum Gasteiger partial charge on any atom is 0.145 e. The molecule has 0 aliphatic carbocycles. The number of alkyl halides is 1. The molecule has 17 heavy (non-hydrogen) atoms. The van der Waals surface area contributed by atoms with E-state index in [4.69, 9.17) is 11.6 Å². The van der Waals surface area contributed by atoms with E-state index in [1.54, 1.807) is 0 Å². The van der Waals surface area contributed by atoms with Crippen LogP contribution in [0.25, 0.3) is 0 Å². The van der Waals surface area contributed by atoms with Crippen LogP contribution in [0.4, 0.5) is 11.4 Å². The molecule has 84 valence electrons. The minimum absolute atomic E-state index is 0.285. The third kappa shape index (κ3) is 1.92. The second kappa shape index (κ2) is 4.22. The molecule has 2 nitrogen and oxygen atoms in total. The van der Waals surface area contributed by atoms with E-state index in [9.17, 15) is 0 Å². The van der Waals surface area contributed by atoms with Gasteiger partial charge in [-0.15, -0.1) is 0 Å². The fourth-order valence-corrected chi connectivity index (χ4v) is 2.20. The van der Waals surface area contributed by atoms with E-state index in [1.807, 2.05) is 54.6 Å². The van der Waals surface area contributed by atoms with Crippen molar-refractivity contribution in [1.82, 2.24) is 0 Å². The number of hydrogen-bond acceptors (Lipinski definition) is 2. The molecule has 0 radical (unpaired) electrons. The van der Waals surface area contributed by atoms with Crippen LogP contribution < -0.4 is 5.32 Å². The number of hydrogen-bond donors (Lipinski definition) is 1. The molecule has 2 aromatic carbocycles. The van der Waals surface area contributed by atoms with Crippen molar-refractivity contribution in [3.8, 4) is 0 Å². The predicted molar refractivity (Wildman–Crippen MR) is 72.3 cm³/mol. The molecule has 3 heteroatoms. The summed E-state index contributed by atoms with van der Waals surface area (Å²) in [5, 5.41) is 3.24. The van der Waals surface area contributed by atoms with Crippen molar-refractivity contribution in [3.05, 3.63) is 60.2 Å². The van der Waals surface area contributed by atoms with Crippen LogP contribution in [-0.4, -0.2) is 11.2 Å². The van der Waals surface area contributed by atoms with Crippen LogP contribution in [0.2, 0.25) is 0 Å². The van der Waals surface area contributed by atoms with Gasteiger partial charge in [0, 0.05) is 0 Å². The summed E-state index contributed by atoms with van der Waals surface area (Å²) < 4.78 is 0. The molecule has 1 aliphatic rings. The number of halogens is 1. The average molecular weight is 243 g/mol. The summed E-state index contributed by atoms with van der Waals surface area (Å²) in [5.74, 6) is 0. The normalized spacial score (nSPS) is 17.9. The molecule has 1 unspecified atom stereocenters. The highest BCUT2D eigenvalue weighted by Crippen LogP contribution is 2.31. The van der Waals surface area contributed by atoms with Gasteiger partial charge >= 0.3 is 0 Å². The van der Waals surface area contributed by atoms with Crippen LogP contribution in [0.1, 0.15) is 5.56 Å². The molecule has 0 fully saturated rings. The van der Waals surface area contributed by atoms with Gasteiger partial charge in [0.15, 0.2) is 0 Å². The maximum atomic E-state index is 6.30. The van der Waals surface area contributed by atoms with Gasteiger partial charge in [-0.05, 0) is 17.7 Å². The van der Waals surface area contributed by atoms with Crippen LogP contribution in [0.5, 0.6) is 0 Å². The van der Waals surface area contributed by atoms with Gasteiger partial charge in [-0.1, -0.05) is 54.1 Å². The number of fused-ring (bicyclic) bond motifs is 1. The van der Waals surface area contributed by atoms with Crippen LogP contribution in [0.15, 0.2) is 59.6 Å². The Morgan fingerprint density at radius 2 is 1.65 bits per heavy atom. The third-order valence-corrected chi connectivity index (χ3v) is 3.05. The van der Waals surface area contributed by atoms with Crippen molar-refractivity contribution >= 4 is 28.7 Å². The Morgan fingerprint density at radius 3 is 2.47 bits per heavy atom. The molecule has 1 aliphatic heterocycles. The van der Waals surface area contributed by atoms with Crippen molar-refractivity contribution in [2.75, 3.05) is 5.32 Å². The molecular formula is C14H11ClN2. The van der Waals surface area contributed by atoms with Gasteiger partial charge in [0.05, 0.1) is 17.1 Å². The lowest BCUT2D eigenvalue weighted by molar-refractivity contribution is 1.22. The number of aliphatic imine (C=N–C) groups is 1. The minimum atomic E-state index is -0.285. The molecule has 3 rings (SSSR count). The lowest BCUT2D eigenvalue weighted by atomic mass is 10.1. The number of para-hydroxylation sites is 2. The molecule has 2 aromatic rings. The highest BCUT2D eigenvalue weighted by molar-refractivity contribution is 6.37.